The van der Waals surface area contributed by atoms with Crippen molar-refractivity contribution in [1.29, 1.82) is 0 Å². The van der Waals surface area contributed by atoms with Gasteiger partial charge in [-0.3, -0.25) is 19.3 Å². The highest BCUT2D eigenvalue weighted by molar-refractivity contribution is 9.10. The van der Waals surface area contributed by atoms with E-state index < -0.39 is 29.4 Å². The van der Waals surface area contributed by atoms with Gasteiger partial charge in [0.1, 0.15) is 19.0 Å². The van der Waals surface area contributed by atoms with Gasteiger partial charge in [0.05, 0.1) is 12.0 Å². The van der Waals surface area contributed by atoms with Crippen molar-refractivity contribution in [3.8, 4) is 23.8 Å². The topological polar surface area (TPSA) is 84.9 Å². The molecule has 0 spiro atoms. The van der Waals surface area contributed by atoms with Crippen LogP contribution in [-0.2, 0) is 9.59 Å². The zero-order valence-corrected chi connectivity index (χ0v) is 19.1. The summed E-state index contributed by atoms with van der Waals surface area (Å²) >= 11 is 4.06. The first-order chi connectivity index (χ1) is 15.3. The minimum absolute atomic E-state index is 0.0239. The Kier molecular flexibility index (Phi) is 7.56. The molecule has 1 N–H and O–H groups in total. The molecule has 0 saturated carbocycles. The van der Waals surface area contributed by atoms with Crippen LogP contribution in [0.15, 0.2) is 45.8 Å². The number of terminal acetylenes is 1. The van der Waals surface area contributed by atoms with E-state index in [9.17, 15) is 18.8 Å². The molecule has 1 aliphatic rings. The number of amides is 3. The molecule has 2 aromatic rings. The highest BCUT2D eigenvalue weighted by Crippen LogP contribution is 2.39. The Labute approximate surface area is 196 Å². The van der Waals surface area contributed by atoms with Crippen LogP contribution in [0.1, 0.15) is 5.56 Å². The zero-order chi connectivity index (χ0) is 23.3. The molecule has 1 saturated heterocycles. The summed E-state index contributed by atoms with van der Waals surface area (Å²) in [7, 11) is 1.46. The number of methoxy groups -OCH3 is 1. The van der Waals surface area contributed by atoms with Crippen LogP contribution in [0.4, 0.5) is 14.9 Å². The lowest BCUT2D eigenvalue weighted by Crippen LogP contribution is -2.36. The minimum atomic E-state index is -0.629. The number of nitrogens with one attached hydrogen (secondary N) is 1. The van der Waals surface area contributed by atoms with Crippen molar-refractivity contribution in [3.05, 3.63) is 57.2 Å². The lowest BCUT2D eigenvalue weighted by molar-refractivity contribution is -0.127. The first-order valence-electron chi connectivity index (χ1n) is 9.07. The van der Waals surface area contributed by atoms with Gasteiger partial charge in [-0.05, 0) is 54.2 Å². The summed E-state index contributed by atoms with van der Waals surface area (Å²) in [6.45, 7) is -0.508. The molecule has 1 fully saturated rings. The summed E-state index contributed by atoms with van der Waals surface area (Å²) in [6, 6.07) is 8.48. The van der Waals surface area contributed by atoms with E-state index in [1.807, 2.05) is 0 Å². The number of thioether (sulfide) groups is 1. The van der Waals surface area contributed by atoms with Gasteiger partial charge >= 0.3 is 0 Å². The first kappa shape index (κ1) is 23.4. The molecule has 0 atom stereocenters. The maximum absolute atomic E-state index is 13.0. The van der Waals surface area contributed by atoms with Crippen LogP contribution in [0.25, 0.3) is 6.08 Å². The van der Waals surface area contributed by atoms with Gasteiger partial charge in [-0.25, -0.2) is 4.39 Å². The Balaban J connectivity index is 1.81. The third-order valence-corrected chi connectivity index (χ3v) is 5.52. The van der Waals surface area contributed by atoms with Crippen LogP contribution in [0.5, 0.6) is 11.5 Å². The van der Waals surface area contributed by atoms with Gasteiger partial charge in [-0.15, -0.1) is 6.42 Å². The lowest BCUT2D eigenvalue weighted by Gasteiger charge is -2.13. The van der Waals surface area contributed by atoms with E-state index in [2.05, 4.69) is 27.2 Å². The SMILES string of the molecule is C#CCOc1c(/C=C2/SC(=O)N(CC(=O)Nc3ccc(F)cc3)C2=O)cc(Br)cc1OC. The molecule has 0 aliphatic carbocycles. The molecule has 32 heavy (non-hydrogen) atoms. The summed E-state index contributed by atoms with van der Waals surface area (Å²) in [5.74, 6) is 1.39. The number of benzene rings is 2. The number of nitrogens with zero attached hydrogens (tertiary/aromatic N) is 1. The molecule has 1 aliphatic heterocycles. The van der Waals surface area contributed by atoms with E-state index in [0.717, 1.165) is 4.90 Å². The second kappa shape index (κ2) is 10.3. The first-order valence-corrected chi connectivity index (χ1v) is 10.7. The van der Waals surface area contributed by atoms with Crippen molar-refractivity contribution in [2.45, 2.75) is 0 Å². The number of imide groups is 1. The van der Waals surface area contributed by atoms with Crippen LogP contribution in [0.3, 0.4) is 0 Å². The van der Waals surface area contributed by atoms with Crippen LogP contribution >= 0.6 is 27.7 Å². The Morgan fingerprint density at radius 3 is 2.69 bits per heavy atom. The number of anilines is 1. The molecule has 3 rings (SSSR count). The van der Waals surface area contributed by atoms with Crippen LogP contribution in [-0.4, -0.2) is 42.2 Å². The van der Waals surface area contributed by atoms with Crippen LogP contribution in [0, 0.1) is 18.2 Å². The van der Waals surface area contributed by atoms with E-state index >= 15 is 0 Å². The van der Waals surface area contributed by atoms with E-state index in [-0.39, 0.29) is 11.5 Å². The smallest absolute Gasteiger partial charge is 0.294 e. The molecule has 0 radical (unpaired) electrons. The highest BCUT2D eigenvalue weighted by Gasteiger charge is 2.36. The number of rotatable bonds is 7. The van der Waals surface area contributed by atoms with Crippen molar-refractivity contribution in [2.75, 3.05) is 25.6 Å². The van der Waals surface area contributed by atoms with Crippen molar-refractivity contribution in [3.63, 3.8) is 0 Å². The lowest BCUT2D eigenvalue weighted by atomic mass is 10.1. The minimum Gasteiger partial charge on any atom is -0.493 e. The van der Waals surface area contributed by atoms with Crippen LogP contribution < -0.4 is 14.8 Å². The Morgan fingerprint density at radius 2 is 2.03 bits per heavy atom. The third-order valence-electron chi connectivity index (χ3n) is 4.16. The maximum atomic E-state index is 13.0. The fraction of sp³-hybridized carbons (Fsp3) is 0.136. The summed E-state index contributed by atoms with van der Waals surface area (Å²) in [5.41, 5.74) is 0.809. The molecular weight excluding hydrogens is 503 g/mol. The molecule has 1 heterocycles. The molecule has 3 amide bonds. The monoisotopic (exact) mass is 518 g/mol. The summed E-state index contributed by atoms with van der Waals surface area (Å²) in [6.07, 6.45) is 6.75. The molecule has 0 aromatic heterocycles. The van der Waals surface area contributed by atoms with Gasteiger partial charge < -0.3 is 14.8 Å². The molecule has 0 bridgehead atoms. The molecule has 0 unspecified atom stereocenters. The van der Waals surface area contributed by atoms with Gasteiger partial charge in [0.15, 0.2) is 11.5 Å². The average molecular weight is 519 g/mol. The predicted molar refractivity (Wildman–Crippen MR) is 123 cm³/mol. The Bertz CT molecular complexity index is 1140. The number of ether oxygens (including phenoxy) is 2. The van der Waals surface area contributed by atoms with Gasteiger partial charge in [-0.2, -0.15) is 0 Å². The van der Waals surface area contributed by atoms with Crippen molar-refractivity contribution < 1.29 is 28.2 Å². The van der Waals surface area contributed by atoms with E-state index in [4.69, 9.17) is 15.9 Å². The van der Waals surface area contributed by atoms with Gasteiger partial charge in [0, 0.05) is 15.7 Å². The summed E-state index contributed by atoms with van der Waals surface area (Å²) in [5, 5.41) is 1.92. The quantitative estimate of drug-likeness (QED) is 0.434. The van der Waals surface area contributed by atoms with Gasteiger partial charge in [0.25, 0.3) is 11.1 Å². The Morgan fingerprint density at radius 1 is 1.31 bits per heavy atom. The molecule has 2 aromatic carbocycles. The largest absolute Gasteiger partial charge is 0.493 e. The number of halogens is 2. The number of hydrogen-bond donors (Lipinski definition) is 1. The fourth-order valence-electron chi connectivity index (χ4n) is 2.77. The van der Waals surface area contributed by atoms with E-state index in [1.165, 1.54) is 37.5 Å². The number of hydrogen-bond acceptors (Lipinski definition) is 6. The van der Waals surface area contributed by atoms with E-state index in [1.54, 1.807) is 12.1 Å². The Hall–Kier alpha value is -3.29. The molecule has 164 valence electrons. The van der Waals surface area contributed by atoms with Gasteiger partial charge in [-0.1, -0.05) is 21.9 Å². The van der Waals surface area contributed by atoms with Crippen LogP contribution in [0.2, 0.25) is 0 Å². The second-order valence-electron chi connectivity index (χ2n) is 6.34. The molecular formula is C22H16BrFN2O5S. The van der Waals surface area contributed by atoms with E-state index in [0.29, 0.717) is 39.0 Å². The fourth-order valence-corrected chi connectivity index (χ4v) is 4.05. The molecule has 7 nitrogen and oxygen atoms in total. The zero-order valence-electron chi connectivity index (χ0n) is 16.7. The molecule has 10 heteroatoms. The number of carbonyl (C=O) groups excluding carboxylic acids is 3. The normalized spacial score (nSPS) is 14.4. The van der Waals surface area contributed by atoms with Gasteiger partial charge in [0.2, 0.25) is 5.91 Å². The average Bonchev–Trinajstić information content (AvgIpc) is 3.01. The van der Waals surface area contributed by atoms with Crippen molar-refractivity contribution in [2.24, 2.45) is 0 Å². The maximum Gasteiger partial charge on any atom is 0.294 e. The predicted octanol–water partition coefficient (Wildman–Crippen LogP) is 4.28. The summed E-state index contributed by atoms with van der Waals surface area (Å²) in [4.78, 5) is 38.4. The standard InChI is InChI=1S/C22H16BrFN2O5S/c1-3-8-31-20-13(9-14(23)11-17(20)30-2)10-18-21(28)26(22(29)32-18)12-19(27)25-16-6-4-15(24)5-7-16/h1,4-7,9-11H,8,12H2,2H3,(H,25,27)/b18-10+. The highest BCUT2D eigenvalue weighted by atomic mass is 79.9. The van der Waals surface area contributed by atoms with Crippen molar-refractivity contribution >= 4 is 56.5 Å². The third kappa shape index (κ3) is 5.49. The second-order valence-corrected chi connectivity index (χ2v) is 8.25. The number of carbonyl (C=O) groups is 3. The van der Waals surface area contributed by atoms with Crippen molar-refractivity contribution in [1.82, 2.24) is 4.90 Å². The summed E-state index contributed by atoms with van der Waals surface area (Å²) < 4.78 is 24.5.